The molecule has 2 aliphatic heterocycles. The van der Waals surface area contributed by atoms with E-state index in [0.717, 1.165) is 28.0 Å². The first-order valence-electron chi connectivity index (χ1n) is 9.14. The fourth-order valence-electron chi connectivity index (χ4n) is 3.87. The molecule has 5 N–H and O–H groups in total. The zero-order valence-corrected chi connectivity index (χ0v) is 17.8. The molecule has 172 valence electrons. The molecule has 2 aliphatic rings. The molecular weight excluding hydrogens is 446 g/mol. The van der Waals surface area contributed by atoms with Gasteiger partial charge in [0.15, 0.2) is 23.0 Å². The van der Waals surface area contributed by atoms with Crippen molar-refractivity contribution >= 4 is 28.1 Å². The Kier molecular flexibility index (Phi) is 6.21. The number of benzene rings is 2. The molecule has 12 heteroatoms. The fraction of sp³-hybridized carbons (Fsp3) is 0.250. The average molecular weight is 467 g/mol. The Bertz CT molecular complexity index is 1200. The summed E-state index contributed by atoms with van der Waals surface area (Å²) < 4.78 is 42.1. The van der Waals surface area contributed by atoms with Crippen LogP contribution in [-0.4, -0.2) is 64.0 Å². The molecule has 11 nitrogen and oxygen atoms in total. The van der Waals surface area contributed by atoms with E-state index in [4.69, 9.17) is 27.0 Å². The summed E-state index contributed by atoms with van der Waals surface area (Å²) in [6.07, 6.45) is 2.13. The maximum absolute atomic E-state index is 11.9. The predicted octanol–water partition coefficient (Wildman–Crippen LogP) is 1.79. The molecule has 0 fully saturated rings. The van der Waals surface area contributed by atoms with E-state index in [2.05, 4.69) is 0 Å². The van der Waals surface area contributed by atoms with E-state index >= 15 is 0 Å². The first-order chi connectivity index (χ1) is 14.9. The molecule has 0 radical (unpaired) electrons. The average Bonchev–Trinajstić information content (AvgIpc) is 2.70. The van der Waals surface area contributed by atoms with Crippen LogP contribution in [0.3, 0.4) is 0 Å². The lowest BCUT2D eigenvalue weighted by molar-refractivity contribution is -0.142. The van der Waals surface area contributed by atoms with E-state index < -0.39 is 22.4 Å². The van der Waals surface area contributed by atoms with Crippen molar-refractivity contribution in [3.63, 3.8) is 0 Å². The van der Waals surface area contributed by atoms with Gasteiger partial charge < -0.3 is 29.7 Å². The molecule has 1 atom stereocenters. The second-order valence-corrected chi connectivity index (χ2v) is 7.93. The number of carbonyl (C=O) groups is 1. The Balaban J connectivity index is 0.000000523. The number of hydrogen-bond donors (Lipinski definition) is 5. The number of aromatic hydroxyl groups is 2. The quantitative estimate of drug-likeness (QED) is 0.416. The maximum atomic E-state index is 11.9. The van der Waals surface area contributed by atoms with Gasteiger partial charge in [0.2, 0.25) is 0 Å². The van der Waals surface area contributed by atoms with Crippen LogP contribution in [0.15, 0.2) is 24.3 Å². The summed E-state index contributed by atoms with van der Waals surface area (Å²) in [4.78, 5) is 13.7. The smallest absolute Gasteiger partial charge is 0.394 e. The summed E-state index contributed by atoms with van der Waals surface area (Å²) >= 11 is 0. The van der Waals surface area contributed by atoms with Crippen molar-refractivity contribution in [2.45, 2.75) is 19.0 Å². The van der Waals surface area contributed by atoms with Crippen LogP contribution in [0.2, 0.25) is 0 Å². The largest absolute Gasteiger partial charge is 0.504 e. The molecule has 0 spiro atoms. The molecule has 0 amide bonds. The van der Waals surface area contributed by atoms with Gasteiger partial charge in [0.25, 0.3) is 0 Å². The number of methoxy groups -OCH3 is 2. The van der Waals surface area contributed by atoms with Crippen molar-refractivity contribution in [2.24, 2.45) is 0 Å². The van der Waals surface area contributed by atoms with E-state index in [1.807, 2.05) is 6.08 Å². The monoisotopic (exact) mass is 467 g/mol. The maximum Gasteiger partial charge on any atom is 0.394 e. The minimum Gasteiger partial charge on any atom is -0.504 e. The first-order valence-corrected chi connectivity index (χ1v) is 10.5. The Morgan fingerprint density at radius 3 is 2.31 bits per heavy atom. The third-order valence-electron chi connectivity index (χ3n) is 5.17. The Labute approximate surface area is 183 Å². The second kappa shape index (κ2) is 8.57. The van der Waals surface area contributed by atoms with Crippen molar-refractivity contribution in [1.29, 1.82) is 0 Å². The minimum atomic E-state index is -4.67. The number of fused-ring (bicyclic) bond motifs is 4. The second-order valence-electron chi connectivity index (χ2n) is 7.03. The van der Waals surface area contributed by atoms with Crippen molar-refractivity contribution < 1.29 is 47.1 Å². The SMILES string of the molecule is COc1cc2c(cc1O)CC(C(=O)O)N1Cc3c(ccc(O)c3OC)C=C21.O=S(=O)(O)O. The summed E-state index contributed by atoms with van der Waals surface area (Å²) in [6.45, 7) is 0.290. The molecule has 4 rings (SSSR count). The van der Waals surface area contributed by atoms with E-state index in [9.17, 15) is 20.1 Å². The van der Waals surface area contributed by atoms with Crippen LogP contribution in [0.4, 0.5) is 0 Å². The lowest BCUT2D eigenvalue weighted by Gasteiger charge is -2.41. The number of nitrogens with zero attached hydrogens (tertiary/aromatic N) is 1. The topological polar surface area (TPSA) is 174 Å². The van der Waals surface area contributed by atoms with E-state index in [0.29, 0.717) is 18.0 Å². The van der Waals surface area contributed by atoms with Crippen LogP contribution < -0.4 is 9.47 Å². The van der Waals surface area contributed by atoms with Gasteiger partial charge in [-0.3, -0.25) is 9.11 Å². The van der Waals surface area contributed by atoms with Gasteiger partial charge in [0.1, 0.15) is 6.04 Å². The van der Waals surface area contributed by atoms with Crippen molar-refractivity contribution in [3.8, 4) is 23.0 Å². The van der Waals surface area contributed by atoms with Gasteiger partial charge >= 0.3 is 16.4 Å². The third-order valence-corrected chi connectivity index (χ3v) is 5.17. The van der Waals surface area contributed by atoms with Gasteiger partial charge in [0, 0.05) is 29.8 Å². The lowest BCUT2D eigenvalue weighted by atomic mass is 9.86. The van der Waals surface area contributed by atoms with Crippen molar-refractivity contribution in [3.05, 3.63) is 46.5 Å². The number of aliphatic carboxylic acids is 1. The van der Waals surface area contributed by atoms with Gasteiger partial charge in [-0.1, -0.05) is 6.07 Å². The molecule has 2 aromatic carbocycles. The highest BCUT2D eigenvalue weighted by molar-refractivity contribution is 7.79. The highest BCUT2D eigenvalue weighted by Crippen LogP contribution is 2.45. The highest BCUT2D eigenvalue weighted by atomic mass is 32.3. The molecule has 0 saturated heterocycles. The molecule has 1 unspecified atom stereocenters. The third kappa shape index (κ3) is 4.56. The standard InChI is InChI=1S/C20H19NO6.H2O4S/c1-26-18-8-12-11(7-17(18)23)6-15(20(24)25)21-9-13-10(5-14(12)21)3-4-16(22)19(13)27-2;1-5(2,3)4/h3-5,7-8,15,22-23H,6,9H2,1-2H3,(H,24,25);(H2,1,2,3,4). The van der Waals surface area contributed by atoms with Crippen molar-refractivity contribution in [2.75, 3.05) is 14.2 Å². The van der Waals surface area contributed by atoms with Gasteiger partial charge in [-0.25, -0.2) is 4.79 Å². The summed E-state index contributed by atoms with van der Waals surface area (Å²) in [5.74, 6) is -0.274. The van der Waals surface area contributed by atoms with E-state index in [1.165, 1.54) is 14.2 Å². The molecule has 2 aromatic rings. The molecular formula is C20H21NO10S. The predicted molar refractivity (Wildman–Crippen MR) is 112 cm³/mol. The van der Waals surface area contributed by atoms with Gasteiger partial charge in [-0.05, 0) is 35.4 Å². The van der Waals surface area contributed by atoms with E-state index in [-0.39, 0.29) is 17.9 Å². The van der Waals surface area contributed by atoms with Crippen LogP contribution >= 0.6 is 0 Å². The number of rotatable bonds is 3. The normalized spacial score (nSPS) is 16.4. The molecule has 32 heavy (non-hydrogen) atoms. The van der Waals surface area contributed by atoms with E-state index in [1.54, 1.807) is 29.2 Å². The molecule has 2 heterocycles. The first kappa shape index (κ1) is 23.2. The van der Waals surface area contributed by atoms with Crippen LogP contribution in [0.25, 0.3) is 11.8 Å². The van der Waals surface area contributed by atoms with Crippen molar-refractivity contribution in [1.82, 2.24) is 4.90 Å². The minimum absolute atomic E-state index is 0.0164. The number of phenols is 2. The highest BCUT2D eigenvalue weighted by Gasteiger charge is 2.38. The number of carboxylic acids is 1. The Morgan fingerprint density at radius 2 is 1.75 bits per heavy atom. The summed E-state index contributed by atoms with van der Waals surface area (Å²) in [5.41, 5.74) is 3.89. The summed E-state index contributed by atoms with van der Waals surface area (Å²) in [5, 5.41) is 29.9. The molecule has 0 aliphatic carbocycles. The number of phenolic OH excluding ortho intramolecular Hbond substituents is 2. The Morgan fingerprint density at radius 1 is 1.09 bits per heavy atom. The number of carboxylic acid groups (broad SMARTS) is 1. The van der Waals surface area contributed by atoms with Gasteiger partial charge in [-0.2, -0.15) is 8.42 Å². The molecule has 0 aromatic heterocycles. The zero-order chi connectivity index (χ0) is 23.8. The summed E-state index contributed by atoms with van der Waals surface area (Å²) in [6, 6.07) is 5.83. The van der Waals surface area contributed by atoms with Gasteiger partial charge in [-0.15, -0.1) is 0 Å². The Hall–Kier alpha value is -3.48. The van der Waals surface area contributed by atoms with Crippen LogP contribution in [-0.2, 0) is 28.2 Å². The lowest BCUT2D eigenvalue weighted by Crippen LogP contribution is -2.45. The number of hydrogen-bond acceptors (Lipinski definition) is 8. The molecule has 0 saturated carbocycles. The zero-order valence-electron chi connectivity index (χ0n) is 17.0. The number of ether oxygens (including phenoxy) is 2. The van der Waals surface area contributed by atoms with Crippen LogP contribution in [0.5, 0.6) is 23.0 Å². The fourth-order valence-corrected chi connectivity index (χ4v) is 3.87. The van der Waals surface area contributed by atoms with Crippen LogP contribution in [0, 0.1) is 0 Å². The molecule has 0 bridgehead atoms. The van der Waals surface area contributed by atoms with Gasteiger partial charge in [0.05, 0.1) is 14.2 Å². The summed E-state index contributed by atoms with van der Waals surface area (Å²) in [7, 11) is -1.72. The van der Waals surface area contributed by atoms with Crippen LogP contribution in [0.1, 0.15) is 22.3 Å².